The molecule has 2 aromatic carbocycles. The van der Waals surface area contributed by atoms with Crippen molar-refractivity contribution in [2.75, 3.05) is 19.7 Å². The SMILES string of the molecule is Cl.O=C(C1CCCO1)N1CC=C(Cc2ccc(-c3ccc4cccnc4c3)cc2)CC1. The Hall–Kier alpha value is -2.69. The number of halogens is 1. The van der Waals surface area contributed by atoms with Gasteiger partial charge in [-0.2, -0.15) is 0 Å². The lowest BCUT2D eigenvalue weighted by Gasteiger charge is -2.28. The van der Waals surface area contributed by atoms with Crippen LogP contribution in [0.3, 0.4) is 0 Å². The Kier molecular flexibility index (Phi) is 6.69. The fourth-order valence-corrected chi connectivity index (χ4v) is 4.37. The molecule has 0 aliphatic carbocycles. The maximum Gasteiger partial charge on any atom is 0.251 e. The molecule has 2 aliphatic rings. The second-order valence-corrected chi connectivity index (χ2v) is 8.18. The highest BCUT2D eigenvalue weighted by atomic mass is 35.5. The number of hydrogen-bond donors (Lipinski definition) is 0. The van der Waals surface area contributed by atoms with E-state index in [0.29, 0.717) is 6.54 Å². The summed E-state index contributed by atoms with van der Waals surface area (Å²) >= 11 is 0. The number of pyridine rings is 1. The summed E-state index contributed by atoms with van der Waals surface area (Å²) in [4.78, 5) is 18.9. The lowest BCUT2D eigenvalue weighted by molar-refractivity contribution is -0.140. The van der Waals surface area contributed by atoms with E-state index in [1.165, 1.54) is 22.3 Å². The molecule has 3 heterocycles. The van der Waals surface area contributed by atoms with Gasteiger partial charge in [-0.25, -0.2) is 0 Å². The average molecular weight is 435 g/mol. The smallest absolute Gasteiger partial charge is 0.251 e. The zero-order valence-electron chi connectivity index (χ0n) is 17.5. The van der Waals surface area contributed by atoms with Crippen molar-refractivity contribution in [1.29, 1.82) is 0 Å². The quantitative estimate of drug-likeness (QED) is 0.530. The Morgan fingerprint density at radius 2 is 1.94 bits per heavy atom. The summed E-state index contributed by atoms with van der Waals surface area (Å²) < 4.78 is 5.55. The number of amides is 1. The molecule has 1 amide bonds. The Labute approximate surface area is 189 Å². The first-order valence-electron chi connectivity index (χ1n) is 10.8. The predicted molar refractivity (Wildman–Crippen MR) is 126 cm³/mol. The van der Waals surface area contributed by atoms with Crippen molar-refractivity contribution in [2.45, 2.75) is 31.8 Å². The van der Waals surface area contributed by atoms with Crippen molar-refractivity contribution >= 4 is 29.2 Å². The van der Waals surface area contributed by atoms with Crippen LogP contribution in [0.15, 0.2) is 72.4 Å². The molecule has 3 aromatic rings. The van der Waals surface area contributed by atoms with Gasteiger partial charge >= 0.3 is 0 Å². The molecule has 0 spiro atoms. The van der Waals surface area contributed by atoms with E-state index >= 15 is 0 Å². The van der Waals surface area contributed by atoms with Crippen LogP contribution < -0.4 is 0 Å². The summed E-state index contributed by atoms with van der Waals surface area (Å²) in [7, 11) is 0. The van der Waals surface area contributed by atoms with Gasteiger partial charge in [0, 0.05) is 31.3 Å². The van der Waals surface area contributed by atoms with E-state index in [1.807, 2.05) is 17.2 Å². The number of benzene rings is 2. The predicted octanol–water partition coefficient (Wildman–Crippen LogP) is 5.20. The van der Waals surface area contributed by atoms with E-state index in [1.54, 1.807) is 0 Å². The van der Waals surface area contributed by atoms with Crippen molar-refractivity contribution < 1.29 is 9.53 Å². The monoisotopic (exact) mass is 434 g/mol. The standard InChI is InChI=1S/C26H26N2O2.ClH/c29-26(25-4-2-16-30-25)28-14-11-20(12-15-28)17-19-5-7-21(8-6-19)23-10-9-22-3-1-13-27-24(22)18-23;/h1,3,5-11,13,18,25H,2,4,12,14-17H2;1H. The fraction of sp³-hybridized carbons (Fsp3) is 0.308. The van der Waals surface area contributed by atoms with Crippen LogP contribution in [-0.4, -0.2) is 41.6 Å². The molecular formula is C26H27ClN2O2. The van der Waals surface area contributed by atoms with Gasteiger partial charge in [0.15, 0.2) is 0 Å². The maximum atomic E-state index is 12.5. The molecule has 160 valence electrons. The normalized spacial score (nSPS) is 18.5. The highest BCUT2D eigenvalue weighted by Gasteiger charge is 2.28. The van der Waals surface area contributed by atoms with Crippen LogP contribution in [0.1, 0.15) is 24.8 Å². The van der Waals surface area contributed by atoms with Crippen LogP contribution in [0.25, 0.3) is 22.0 Å². The van der Waals surface area contributed by atoms with Crippen molar-refractivity contribution in [3.63, 3.8) is 0 Å². The first-order valence-corrected chi connectivity index (χ1v) is 10.8. The number of ether oxygens (including phenoxy) is 1. The van der Waals surface area contributed by atoms with Crippen LogP contribution in [0, 0.1) is 0 Å². The van der Waals surface area contributed by atoms with Crippen molar-refractivity contribution in [2.24, 2.45) is 0 Å². The lowest BCUT2D eigenvalue weighted by atomic mass is 9.97. The maximum absolute atomic E-state index is 12.5. The topological polar surface area (TPSA) is 42.4 Å². The molecule has 1 atom stereocenters. The zero-order chi connectivity index (χ0) is 20.3. The van der Waals surface area contributed by atoms with Gasteiger partial charge in [0.1, 0.15) is 6.10 Å². The molecule has 1 unspecified atom stereocenters. The van der Waals surface area contributed by atoms with Gasteiger partial charge in [0.2, 0.25) is 0 Å². The highest BCUT2D eigenvalue weighted by molar-refractivity contribution is 5.85. The Balaban J connectivity index is 0.00000231. The first-order chi connectivity index (χ1) is 14.8. The van der Waals surface area contributed by atoms with E-state index in [2.05, 4.69) is 59.6 Å². The highest BCUT2D eigenvalue weighted by Crippen LogP contribution is 2.25. The lowest BCUT2D eigenvalue weighted by Crippen LogP contribution is -2.41. The van der Waals surface area contributed by atoms with E-state index in [-0.39, 0.29) is 24.4 Å². The second kappa shape index (κ2) is 9.63. The molecule has 0 N–H and O–H groups in total. The largest absolute Gasteiger partial charge is 0.368 e. The van der Waals surface area contributed by atoms with Gasteiger partial charge in [-0.1, -0.05) is 54.1 Å². The van der Waals surface area contributed by atoms with E-state index < -0.39 is 0 Å². The van der Waals surface area contributed by atoms with E-state index in [9.17, 15) is 4.79 Å². The fourth-order valence-electron chi connectivity index (χ4n) is 4.37. The third-order valence-electron chi connectivity index (χ3n) is 6.14. The molecular weight excluding hydrogens is 408 g/mol. The summed E-state index contributed by atoms with van der Waals surface area (Å²) in [6.07, 6.45) is 7.60. The second-order valence-electron chi connectivity index (χ2n) is 8.18. The van der Waals surface area contributed by atoms with Gasteiger partial charge in [0.05, 0.1) is 5.52 Å². The van der Waals surface area contributed by atoms with Gasteiger partial charge < -0.3 is 9.64 Å². The number of aromatic nitrogens is 1. The molecule has 31 heavy (non-hydrogen) atoms. The summed E-state index contributed by atoms with van der Waals surface area (Å²) in [5.74, 6) is 0.164. The number of fused-ring (bicyclic) bond motifs is 1. The Morgan fingerprint density at radius 1 is 1.10 bits per heavy atom. The van der Waals surface area contributed by atoms with Gasteiger partial charge in [-0.15, -0.1) is 12.4 Å². The minimum absolute atomic E-state index is 0. The number of rotatable bonds is 4. The third-order valence-corrected chi connectivity index (χ3v) is 6.14. The van der Waals surface area contributed by atoms with E-state index in [4.69, 9.17) is 4.74 Å². The third kappa shape index (κ3) is 4.81. The molecule has 5 heteroatoms. The molecule has 2 aliphatic heterocycles. The molecule has 0 saturated carbocycles. The molecule has 0 radical (unpaired) electrons. The van der Waals surface area contributed by atoms with Crippen LogP contribution in [0.2, 0.25) is 0 Å². The number of hydrogen-bond acceptors (Lipinski definition) is 3. The van der Waals surface area contributed by atoms with Crippen molar-refractivity contribution in [3.05, 3.63) is 78.0 Å². The van der Waals surface area contributed by atoms with Crippen LogP contribution in [-0.2, 0) is 16.0 Å². The number of carbonyl (C=O) groups is 1. The average Bonchev–Trinajstić information content (AvgIpc) is 3.34. The molecule has 0 bridgehead atoms. The molecule has 1 aromatic heterocycles. The first kappa shape index (κ1) is 21.5. The Morgan fingerprint density at radius 3 is 2.68 bits per heavy atom. The number of carbonyl (C=O) groups excluding carboxylic acids is 1. The van der Waals surface area contributed by atoms with Gasteiger partial charge in [0.25, 0.3) is 5.91 Å². The summed E-state index contributed by atoms with van der Waals surface area (Å²) in [6, 6.07) is 19.3. The summed E-state index contributed by atoms with van der Waals surface area (Å²) in [5.41, 5.74) is 6.13. The van der Waals surface area contributed by atoms with Gasteiger partial charge in [-0.05, 0) is 54.5 Å². The van der Waals surface area contributed by atoms with Crippen molar-refractivity contribution in [3.8, 4) is 11.1 Å². The van der Waals surface area contributed by atoms with Crippen LogP contribution in [0.5, 0.6) is 0 Å². The minimum atomic E-state index is -0.210. The molecule has 1 fully saturated rings. The summed E-state index contributed by atoms with van der Waals surface area (Å²) in [5, 5.41) is 1.16. The molecule has 1 saturated heterocycles. The van der Waals surface area contributed by atoms with Gasteiger partial charge in [-0.3, -0.25) is 9.78 Å². The molecule has 4 nitrogen and oxygen atoms in total. The Bertz CT molecular complexity index is 1090. The van der Waals surface area contributed by atoms with Crippen LogP contribution in [0.4, 0.5) is 0 Å². The zero-order valence-corrected chi connectivity index (χ0v) is 18.3. The molecule has 5 rings (SSSR count). The number of nitrogens with zero attached hydrogens (tertiary/aromatic N) is 2. The van der Waals surface area contributed by atoms with E-state index in [0.717, 1.165) is 49.7 Å². The summed E-state index contributed by atoms with van der Waals surface area (Å²) in [6.45, 7) is 2.22. The van der Waals surface area contributed by atoms with Crippen LogP contribution >= 0.6 is 12.4 Å². The minimum Gasteiger partial charge on any atom is -0.368 e. The van der Waals surface area contributed by atoms with Crippen molar-refractivity contribution in [1.82, 2.24) is 9.88 Å².